The summed E-state index contributed by atoms with van der Waals surface area (Å²) < 4.78 is 5.13. The molecule has 1 N–H and O–H groups in total. The van der Waals surface area contributed by atoms with E-state index in [2.05, 4.69) is 5.32 Å². The van der Waals surface area contributed by atoms with Crippen molar-refractivity contribution >= 4 is 23.8 Å². The minimum Gasteiger partial charge on any atom is -0.445 e. The highest BCUT2D eigenvalue weighted by Gasteiger charge is 2.02. The van der Waals surface area contributed by atoms with Crippen LogP contribution in [0.15, 0.2) is 48.5 Å². The molecule has 0 spiro atoms. The van der Waals surface area contributed by atoms with Gasteiger partial charge in [0.1, 0.15) is 6.61 Å². The fourth-order valence-corrected chi connectivity index (χ4v) is 2.30. The number of ether oxygens (including phenoxy) is 1. The van der Waals surface area contributed by atoms with Crippen LogP contribution in [0, 0.1) is 13.8 Å². The molecule has 0 unspecified atom stereocenters. The Morgan fingerprint density at radius 2 is 1.83 bits per heavy atom. The van der Waals surface area contributed by atoms with Crippen LogP contribution < -0.4 is 5.32 Å². The smallest absolute Gasteiger partial charge is 0.407 e. The monoisotopic (exact) mass is 329 g/mol. The Kier molecular flexibility index (Phi) is 6.24. The number of alkyl carbamates (subject to hydrolysis) is 1. The molecule has 0 fully saturated rings. The Morgan fingerprint density at radius 3 is 2.48 bits per heavy atom. The second-order valence-corrected chi connectivity index (χ2v) is 5.69. The molecule has 0 atom stereocenters. The number of amides is 1. The number of hydrogen-bond acceptors (Lipinski definition) is 2. The standard InChI is InChI=1S/C19H20ClNO2/c1-14-11-17(12-15(2)18(14)20)9-6-10-21-19(22)23-13-16-7-4-3-5-8-16/h3-9,11-12H,10,13H2,1-2H3,(H,21,22). The van der Waals surface area contributed by atoms with E-state index >= 15 is 0 Å². The number of rotatable bonds is 5. The second-order valence-electron chi connectivity index (χ2n) is 5.31. The van der Waals surface area contributed by atoms with Crippen LogP contribution in [-0.4, -0.2) is 12.6 Å². The summed E-state index contributed by atoms with van der Waals surface area (Å²) in [4.78, 5) is 11.6. The summed E-state index contributed by atoms with van der Waals surface area (Å²) in [6.45, 7) is 4.64. The molecule has 0 aliphatic carbocycles. The highest BCUT2D eigenvalue weighted by molar-refractivity contribution is 6.32. The highest BCUT2D eigenvalue weighted by Crippen LogP contribution is 2.22. The summed E-state index contributed by atoms with van der Waals surface area (Å²) >= 11 is 6.14. The maximum absolute atomic E-state index is 11.6. The minimum absolute atomic E-state index is 0.270. The number of halogens is 1. The Bertz CT molecular complexity index is 673. The largest absolute Gasteiger partial charge is 0.445 e. The average molecular weight is 330 g/mol. The Balaban J connectivity index is 1.77. The number of carbonyl (C=O) groups excluding carboxylic acids is 1. The number of carbonyl (C=O) groups is 1. The van der Waals surface area contributed by atoms with Crippen molar-refractivity contribution in [3.8, 4) is 0 Å². The Morgan fingerprint density at radius 1 is 1.17 bits per heavy atom. The van der Waals surface area contributed by atoms with Gasteiger partial charge in [0, 0.05) is 11.6 Å². The molecule has 1 amide bonds. The second kappa shape index (κ2) is 8.39. The van der Waals surface area contributed by atoms with Gasteiger partial charge in [0.25, 0.3) is 0 Å². The van der Waals surface area contributed by atoms with Crippen LogP contribution in [0.1, 0.15) is 22.3 Å². The maximum atomic E-state index is 11.6. The first-order valence-corrected chi connectivity index (χ1v) is 7.82. The van der Waals surface area contributed by atoms with Crippen LogP contribution in [-0.2, 0) is 11.3 Å². The zero-order chi connectivity index (χ0) is 16.7. The van der Waals surface area contributed by atoms with Crippen molar-refractivity contribution < 1.29 is 9.53 Å². The molecule has 23 heavy (non-hydrogen) atoms. The summed E-state index contributed by atoms with van der Waals surface area (Å²) in [6, 6.07) is 13.6. The summed E-state index contributed by atoms with van der Waals surface area (Å²) in [7, 11) is 0. The third-order valence-electron chi connectivity index (χ3n) is 3.35. The molecule has 2 rings (SSSR count). The van der Waals surface area contributed by atoms with Crippen molar-refractivity contribution in [2.45, 2.75) is 20.5 Å². The van der Waals surface area contributed by atoms with Crippen LogP contribution in [0.4, 0.5) is 4.79 Å². The number of hydrogen-bond donors (Lipinski definition) is 1. The van der Waals surface area contributed by atoms with Gasteiger partial charge in [-0.05, 0) is 36.1 Å². The molecule has 2 aromatic rings. The molecule has 2 aromatic carbocycles. The van der Waals surface area contributed by atoms with Gasteiger partial charge in [0.15, 0.2) is 0 Å². The lowest BCUT2D eigenvalue weighted by atomic mass is 10.1. The van der Waals surface area contributed by atoms with Crippen molar-refractivity contribution in [3.05, 3.63) is 75.8 Å². The quantitative estimate of drug-likeness (QED) is 0.847. The van der Waals surface area contributed by atoms with Gasteiger partial charge < -0.3 is 10.1 Å². The van der Waals surface area contributed by atoms with E-state index in [1.54, 1.807) is 0 Å². The average Bonchev–Trinajstić information content (AvgIpc) is 2.55. The summed E-state index contributed by atoms with van der Waals surface area (Å²) in [5, 5.41) is 3.49. The van der Waals surface area contributed by atoms with E-state index in [1.165, 1.54) is 0 Å². The van der Waals surface area contributed by atoms with Gasteiger partial charge in [-0.3, -0.25) is 0 Å². The van der Waals surface area contributed by atoms with Gasteiger partial charge >= 0.3 is 6.09 Å². The number of nitrogens with one attached hydrogen (secondary N) is 1. The Hall–Kier alpha value is -2.26. The molecule has 0 aromatic heterocycles. The highest BCUT2D eigenvalue weighted by atomic mass is 35.5. The van der Waals surface area contributed by atoms with Crippen molar-refractivity contribution in [3.63, 3.8) is 0 Å². The fourth-order valence-electron chi connectivity index (χ4n) is 2.19. The molecule has 3 nitrogen and oxygen atoms in total. The van der Waals surface area contributed by atoms with Crippen LogP contribution >= 0.6 is 11.6 Å². The molecule has 0 radical (unpaired) electrons. The van der Waals surface area contributed by atoms with Crippen molar-refractivity contribution in [1.29, 1.82) is 0 Å². The summed E-state index contributed by atoms with van der Waals surface area (Å²) in [6.07, 6.45) is 3.40. The molecule has 4 heteroatoms. The Labute approximate surface area is 141 Å². The van der Waals surface area contributed by atoms with Gasteiger partial charge in [-0.15, -0.1) is 0 Å². The molecular weight excluding hydrogens is 310 g/mol. The molecule has 0 saturated heterocycles. The topological polar surface area (TPSA) is 38.3 Å². The summed E-state index contributed by atoms with van der Waals surface area (Å²) in [5.74, 6) is 0. The fraction of sp³-hybridized carbons (Fsp3) is 0.211. The van der Waals surface area contributed by atoms with Crippen molar-refractivity contribution in [2.24, 2.45) is 0 Å². The van der Waals surface area contributed by atoms with E-state index in [-0.39, 0.29) is 6.61 Å². The van der Waals surface area contributed by atoms with Crippen LogP contribution in [0.5, 0.6) is 0 Å². The van der Waals surface area contributed by atoms with Crippen LogP contribution in [0.2, 0.25) is 5.02 Å². The van der Waals surface area contributed by atoms with Gasteiger partial charge in [-0.25, -0.2) is 4.79 Å². The molecule has 0 aliphatic rings. The zero-order valence-electron chi connectivity index (χ0n) is 13.3. The molecule has 0 bridgehead atoms. The van der Waals surface area contributed by atoms with Gasteiger partial charge in [-0.1, -0.05) is 66.2 Å². The first-order valence-electron chi connectivity index (χ1n) is 7.44. The molecular formula is C19H20ClNO2. The van der Waals surface area contributed by atoms with Crippen molar-refractivity contribution in [2.75, 3.05) is 6.54 Å². The minimum atomic E-state index is -0.429. The molecule has 0 aliphatic heterocycles. The number of benzene rings is 2. The van der Waals surface area contributed by atoms with E-state index < -0.39 is 6.09 Å². The third kappa shape index (κ3) is 5.46. The van der Waals surface area contributed by atoms with Gasteiger partial charge in [0.05, 0.1) is 0 Å². The predicted molar refractivity (Wildman–Crippen MR) is 94.6 cm³/mol. The first kappa shape index (κ1) is 17.1. The van der Waals surface area contributed by atoms with E-state index in [0.29, 0.717) is 6.54 Å². The van der Waals surface area contributed by atoms with Gasteiger partial charge in [-0.2, -0.15) is 0 Å². The molecule has 0 heterocycles. The third-order valence-corrected chi connectivity index (χ3v) is 3.94. The van der Waals surface area contributed by atoms with Crippen molar-refractivity contribution in [1.82, 2.24) is 5.32 Å². The molecule has 120 valence electrons. The van der Waals surface area contributed by atoms with Gasteiger partial charge in [0.2, 0.25) is 0 Å². The van der Waals surface area contributed by atoms with E-state index in [1.807, 2.05) is 68.5 Å². The lowest BCUT2D eigenvalue weighted by molar-refractivity contribution is 0.141. The van der Waals surface area contributed by atoms with E-state index in [4.69, 9.17) is 16.3 Å². The van der Waals surface area contributed by atoms with E-state index in [9.17, 15) is 4.79 Å². The SMILES string of the molecule is Cc1cc(C=CCNC(=O)OCc2ccccc2)cc(C)c1Cl. The first-order chi connectivity index (χ1) is 11.1. The van der Waals surface area contributed by atoms with E-state index in [0.717, 1.165) is 27.3 Å². The summed E-state index contributed by atoms with van der Waals surface area (Å²) in [5.41, 5.74) is 4.11. The normalized spacial score (nSPS) is 10.7. The van der Waals surface area contributed by atoms with Crippen LogP contribution in [0.3, 0.4) is 0 Å². The predicted octanol–water partition coefficient (Wildman–Crippen LogP) is 4.90. The lowest BCUT2D eigenvalue weighted by Crippen LogP contribution is -2.24. The maximum Gasteiger partial charge on any atom is 0.407 e. The zero-order valence-corrected chi connectivity index (χ0v) is 14.1. The lowest BCUT2D eigenvalue weighted by Gasteiger charge is -2.06. The van der Waals surface area contributed by atoms with Crippen LogP contribution in [0.25, 0.3) is 6.08 Å². The molecule has 0 saturated carbocycles. The number of aryl methyl sites for hydroxylation is 2.